The van der Waals surface area contributed by atoms with Crippen molar-refractivity contribution in [2.24, 2.45) is 0 Å². The van der Waals surface area contributed by atoms with E-state index in [0.717, 1.165) is 29.0 Å². The van der Waals surface area contributed by atoms with Gasteiger partial charge >= 0.3 is 0 Å². The maximum Gasteiger partial charge on any atom is 0.119 e. The highest BCUT2D eigenvalue weighted by Crippen LogP contribution is 2.22. The van der Waals surface area contributed by atoms with E-state index in [1.807, 2.05) is 59.5 Å². The first-order valence-corrected chi connectivity index (χ1v) is 7.75. The number of aliphatic hydroxyl groups excluding tert-OH is 1. The SMILES string of the molecule is OCCCn1cc(-c2ccc(OCc3ccccc3)cc2)cn1. The van der Waals surface area contributed by atoms with Crippen molar-refractivity contribution in [3.8, 4) is 16.9 Å². The quantitative estimate of drug-likeness (QED) is 0.726. The minimum Gasteiger partial charge on any atom is -0.489 e. The molecule has 0 saturated heterocycles. The molecule has 0 unspecified atom stereocenters. The third kappa shape index (κ3) is 4.20. The molecule has 0 atom stereocenters. The molecule has 0 fully saturated rings. The van der Waals surface area contributed by atoms with Crippen LogP contribution in [-0.4, -0.2) is 21.5 Å². The van der Waals surface area contributed by atoms with Crippen molar-refractivity contribution >= 4 is 0 Å². The van der Waals surface area contributed by atoms with Gasteiger partial charge in [0.25, 0.3) is 0 Å². The molecule has 3 aromatic rings. The summed E-state index contributed by atoms with van der Waals surface area (Å²) in [5.41, 5.74) is 3.33. The number of ether oxygens (including phenoxy) is 1. The fourth-order valence-electron chi connectivity index (χ4n) is 2.35. The van der Waals surface area contributed by atoms with Crippen LogP contribution in [0.2, 0.25) is 0 Å². The average molecular weight is 308 g/mol. The second-order valence-electron chi connectivity index (χ2n) is 5.37. The first-order chi connectivity index (χ1) is 11.3. The highest BCUT2D eigenvalue weighted by molar-refractivity contribution is 5.62. The van der Waals surface area contributed by atoms with Crippen molar-refractivity contribution in [2.45, 2.75) is 19.6 Å². The highest BCUT2D eigenvalue weighted by atomic mass is 16.5. The second-order valence-corrected chi connectivity index (χ2v) is 5.37. The van der Waals surface area contributed by atoms with Crippen LogP contribution in [-0.2, 0) is 13.2 Å². The molecule has 0 aliphatic rings. The molecule has 0 spiro atoms. The standard InChI is InChI=1S/C19H20N2O2/c22-12-4-11-21-14-18(13-20-21)17-7-9-19(10-8-17)23-15-16-5-2-1-3-6-16/h1-3,5-10,13-14,22H,4,11-12,15H2. The van der Waals surface area contributed by atoms with Crippen molar-refractivity contribution in [3.63, 3.8) is 0 Å². The molecule has 3 rings (SSSR count). The Labute approximate surface area is 136 Å². The summed E-state index contributed by atoms with van der Waals surface area (Å²) >= 11 is 0. The molecule has 0 aliphatic heterocycles. The molecule has 118 valence electrons. The lowest BCUT2D eigenvalue weighted by molar-refractivity contribution is 0.277. The third-order valence-corrected chi connectivity index (χ3v) is 3.61. The van der Waals surface area contributed by atoms with Crippen LogP contribution >= 0.6 is 0 Å². The summed E-state index contributed by atoms with van der Waals surface area (Å²) in [5, 5.41) is 13.2. The average Bonchev–Trinajstić information content (AvgIpc) is 3.08. The van der Waals surface area contributed by atoms with E-state index in [1.54, 1.807) is 0 Å². The Kier molecular flexibility index (Phi) is 5.06. The van der Waals surface area contributed by atoms with Crippen molar-refractivity contribution in [2.75, 3.05) is 6.61 Å². The summed E-state index contributed by atoms with van der Waals surface area (Å²) in [6.07, 6.45) is 4.56. The van der Waals surface area contributed by atoms with Gasteiger partial charge in [-0.1, -0.05) is 42.5 Å². The number of aromatic nitrogens is 2. The van der Waals surface area contributed by atoms with Crippen LogP contribution < -0.4 is 4.74 Å². The Balaban J connectivity index is 1.61. The van der Waals surface area contributed by atoms with E-state index in [1.165, 1.54) is 0 Å². The Morgan fingerprint density at radius 3 is 2.48 bits per heavy atom. The molecular weight excluding hydrogens is 288 g/mol. The van der Waals surface area contributed by atoms with E-state index in [0.29, 0.717) is 13.0 Å². The predicted molar refractivity (Wildman–Crippen MR) is 90.1 cm³/mol. The monoisotopic (exact) mass is 308 g/mol. The van der Waals surface area contributed by atoms with Gasteiger partial charge < -0.3 is 9.84 Å². The largest absolute Gasteiger partial charge is 0.489 e. The Bertz CT molecular complexity index is 721. The number of hydrogen-bond acceptors (Lipinski definition) is 3. The van der Waals surface area contributed by atoms with Crippen molar-refractivity contribution in [1.29, 1.82) is 0 Å². The van der Waals surface area contributed by atoms with Crippen LogP contribution in [0.1, 0.15) is 12.0 Å². The minimum absolute atomic E-state index is 0.183. The zero-order chi connectivity index (χ0) is 15.9. The lowest BCUT2D eigenvalue weighted by Crippen LogP contribution is -1.99. The summed E-state index contributed by atoms with van der Waals surface area (Å²) in [6, 6.07) is 18.1. The molecule has 1 N–H and O–H groups in total. The fraction of sp³-hybridized carbons (Fsp3) is 0.211. The van der Waals surface area contributed by atoms with Crippen LogP contribution in [0.15, 0.2) is 67.0 Å². The fourth-order valence-corrected chi connectivity index (χ4v) is 2.35. The second kappa shape index (κ2) is 7.61. The zero-order valence-electron chi connectivity index (χ0n) is 12.9. The summed E-state index contributed by atoms with van der Waals surface area (Å²) in [6.45, 7) is 1.48. The molecule has 2 aromatic carbocycles. The molecule has 0 bridgehead atoms. The number of rotatable bonds is 7. The number of nitrogens with zero attached hydrogens (tertiary/aromatic N) is 2. The first-order valence-electron chi connectivity index (χ1n) is 7.75. The molecule has 0 radical (unpaired) electrons. The van der Waals surface area contributed by atoms with Gasteiger partial charge in [0, 0.05) is 24.9 Å². The lowest BCUT2D eigenvalue weighted by atomic mass is 10.1. The summed E-state index contributed by atoms with van der Waals surface area (Å²) in [5.74, 6) is 0.852. The van der Waals surface area contributed by atoms with Crippen molar-refractivity contribution in [1.82, 2.24) is 9.78 Å². The van der Waals surface area contributed by atoms with Gasteiger partial charge in [-0.15, -0.1) is 0 Å². The van der Waals surface area contributed by atoms with Crippen molar-refractivity contribution in [3.05, 3.63) is 72.6 Å². The maximum atomic E-state index is 8.86. The zero-order valence-corrected chi connectivity index (χ0v) is 12.9. The minimum atomic E-state index is 0.183. The number of aliphatic hydroxyl groups is 1. The third-order valence-electron chi connectivity index (χ3n) is 3.61. The number of benzene rings is 2. The van der Waals surface area contributed by atoms with E-state index in [2.05, 4.69) is 17.2 Å². The van der Waals surface area contributed by atoms with E-state index >= 15 is 0 Å². The van der Waals surface area contributed by atoms with Gasteiger partial charge in [0.2, 0.25) is 0 Å². The Morgan fingerprint density at radius 1 is 0.957 bits per heavy atom. The van der Waals surface area contributed by atoms with Crippen LogP contribution in [0.3, 0.4) is 0 Å². The van der Waals surface area contributed by atoms with Gasteiger partial charge in [-0.05, 0) is 29.7 Å². The summed E-state index contributed by atoms with van der Waals surface area (Å²) in [7, 11) is 0. The van der Waals surface area contributed by atoms with Crippen molar-refractivity contribution < 1.29 is 9.84 Å². The molecule has 4 heteroatoms. The molecule has 1 heterocycles. The van der Waals surface area contributed by atoms with Gasteiger partial charge in [-0.3, -0.25) is 4.68 Å². The number of hydrogen-bond donors (Lipinski definition) is 1. The van der Waals surface area contributed by atoms with Crippen LogP contribution in [0.4, 0.5) is 0 Å². The lowest BCUT2D eigenvalue weighted by Gasteiger charge is -2.07. The van der Waals surface area contributed by atoms with Crippen LogP contribution in [0, 0.1) is 0 Å². The molecule has 4 nitrogen and oxygen atoms in total. The number of aryl methyl sites for hydroxylation is 1. The summed E-state index contributed by atoms with van der Waals surface area (Å²) in [4.78, 5) is 0. The van der Waals surface area contributed by atoms with Gasteiger partial charge in [0.15, 0.2) is 0 Å². The van der Waals surface area contributed by atoms with Gasteiger partial charge in [0.05, 0.1) is 6.20 Å². The molecule has 0 amide bonds. The van der Waals surface area contributed by atoms with E-state index in [9.17, 15) is 0 Å². The van der Waals surface area contributed by atoms with E-state index < -0.39 is 0 Å². The van der Waals surface area contributed by atoms with Crippen LogP contribution in [0.25, 0.3) is 11.1 Å². The highest BCUT2D eigenvalue weighted by Gasteiger charge is 2.03. The topological polar surface area (TPSA) is 47.3 Å². The smallest absolute Gasteiger partial charge is 0.119 e. The normalized spacial score (nSPS) is 10.7. The van der Waals surface area contributed by atoms with E-state index in [4.69, 9.17) is 9.84 Å². The van der Waals surface area contributed by atoms with E-state index in [-0.39, 0.29) is 6.61 Å². The van der Waals surface area contributed by atoms with Gasteiger partial charge in [-0.25, -0.2) is 0 Å². The molecule has 0 saturated carbocycles. The summed E-state index contributed by atoms with van der Waals surface area (Å²) < 4.78 is 7.65. The predicted octanol–water partition coefficient (Wildman–Crippen LogP) is 3.51. The molecule has 0 aliphatic carbocycles. The van der Waals surface area contributed by atoms with Crippen LogP contribution in [0.5, 0.6) is 5.75 Å². The van der Waals surface area contributed by atoms with Gasteiger partial charge in [-0.2, -0.15) is 5.10 Å². The maximum absolute atomic E-state index is 8.86. The first kappa shape index (κ1) is 15.3. The Morgan fingerprint density at radius 2 is 1.74 bits per heavy atom. The van der Waals surface area contributed by atoms with Gasteiger partial charge in [0.1, 0.15) is 12.4 Å². The molecule has 23 heavy (non-hydrogen) atoms. The molecule has 1 aromatic heterocycles. The Hall–Kier alpha value is -2.59. The molecular formula is C19H20N2O2.